The van der Waals surface area contributed by atoms with E-state index in [1.165, 1.54) is 22.5 Å². The van der Waals surface area contributed by atoms with Gasteiger partial charge in [0.05, 0.1) is 74.7 Å². The molecule has 1 fully saturated rings. The minimum absolute atomic E-state index is 0.115. The van der Waals surface area contributed by atoms with Gasteiger partial charge < -0.3 is 49.2 Å². The van der Waals surface area contributed by atoms with Crippen LogP contribution in [0.3, 0.4) is 0 Å². The van der Waals surface area contributed by atoms with Crippen molar-refractivity contribution in [3.63, 3.8) is 0 Å². The van der Waals surface area contributed by atoms with E-state index in [9.17, 15) is 30.6 Å². The van der Waals surface area contributed by atoms with Crippen LogP contribution < -0.4 is 0 Å². The molecule has 0 radical (unpaired) electrons. The molecule has 18 nitrogen and oxygen atoms in total. The van der Waals surface area contributed by atoms with E-state index in [1.54, 1.807) is 54.5 Å². The molecule has 9 atom stereocenters. The molecule has 1 aliphatic heterocycles. The number of hydrogen-bond acceptors (Lipinski definition) is 15. The van der Waals surface area contributed by atoms with Crippen LogP contribution in [0.5, 0.6) is 0 Å². The van der Waals surface area contributed by atoms with Crippen LogP contribution in [0.1, 0.15) is 13.0 Å². The second kappa shape index (κ2) is 13.8. The molecule has 5 rings (SSSR count). The second-order valence-corrected chi connectivity index (χ2v) is 11.8. The van der Waals surface area contributed by atoms with Gasteiger partial charge in [-0.1, -0.05) is 22.2 Å². The predicted octanol–water partition coefficient (Wildman–Crippen LogP) is -2.47. The van der Waals surface area contributed by atoms with Gasteiger partial charge in [-0.3, -0.25) is 0 Å². The summed E-state index contributed by atoms with van der Waals surface area (Å²) in [6.45, 7) is 0.175. The Morgan fingerprint density at radius 3 is 2.16 bits per heavy atom. The maximum Gasteiger partial charge on any atom is 0.134 e. The number of ether oxygens (including phenoxy) is 2. The Morgan fingerprint density at radius 1 is 0.955 bits per heavy atom. The summed E-state index contributed by atoms with van der Waals surface area (Å²) < 4.78 is 18.0. The van der Waals surface area contributed by atoms with Crippen LogP contribution in [0.2, 0.25) is 0 Å². The first-order valence-electron chi connectivity index (χ1n) is 13.8. The monoisotopic (exact) mass is 636 g/mol. The largest absolute Gasteiger partial charge is 0.394 e. The number of nitrogens with zero attached hydrogens (tertiary/aromatic N) is 10. The summed E-state index contributed by atoms with van der Waals surface area (Å²) in [5.74, 6) is 0. The van der Waals surface area contributed by atoms with Crippen LogP contribution in [0.25, 0.3) is 22.8 Å². The van der Waals surface area contributed by atoms with Gasteiger partial charge in [-0.15, -0.1) is 10.2 Å². The molecule has 19 heteroatoms. The number of rotatable bonds is 13. The summed E-state index contributed by atoms with van der Waals surface area (Å²) in [6, 6.07) is -1.10. The number of aryl methyl sites for hydroxylation is 2. The highest BCUT2D eigenvalue weighted by Gasteiger charge is 2.48. The topological polar surface area (TPSA) is 237 Å². The summed E-state index contributed by atoms with van der Waals surface area (Å²) in [4.78, 5) is 8.14. The number of thioether (sulfide) groups is 1. The summed E-state index contributed by atoms with van der Waals surface area (Å²) in [5.41, 5.74) is -0.0352. The van der Waals surface area contributed by atoms with E-state index in [-0.39, 0.29) is 6.54 Å². The average molecular weight is 637 g/mol. The van der Waals surface area contributed by atoms with E-state index in [0.717, 1.165) is 11.8 Å². The number of imidazole rings is 2. The lowest BCUT2D eigenvalue weighted by atomic mass is 9.97. The van der Waals surface area contributed by atoms with Crippen molar-refractivity contribution < 1.29 is 40.1 Å². The van der Waals surface area contributed by atoms with Crippen molar-refractivity contribution in [3.05, 3.63) is 37.4 Å². The molecule has 4 aromatic rings. The molecule has 0 bridgehead atoms. The Labute approximate surface area is 255 Å². The number of aliphatic hydroxyl groups excluding tert-OH is 6. The van der Waals surface area contributed by atoms with Crippen LogP contribution >= 0.6 is 11.8 Å². The van der Waals surface area contributed by atoms with Gasteiger partial charge >= 0.3 is 0 Å². The molecule has 0 spiro atoms. The Balaban J connectivity index is 1.38. The van der Waals surface area contributed by atoms with E-state index in [4.69, 9.17) is 9.47 Å². The molecule has 240 valence electrons. The van der Waals surface area contributed by atoms with Crippen molar-refractivity contribution in [2.24, 2.45) is 14.1 Å². The van der Waals surface area contributed by atoms with Crippen molar-refractivity contribution in [2.75, 3.05) is 13.2 Å². The van der Waals surface area contributed by atoms with E-state index < -0.39 is 66.8 Å². The van der Waals surface area contributed by atoms with E-state index in [0.29, 0.717) is 22.8 Å². The third-order valence-electron chi connectivity index (χ3n) is 7.34. The van der Waals surface area contributed by atoms with Gasteiger partial charge in [0, 0.05) is 14.1 Å². The zero-order chi connectivity index (χ0) is 31.5. The van der Waals surface area contributed by atoms with Gasteiger partial charge in [0.2, 0.25) is 0 Å². The maximum atomic E-state index is 11.5. The second-order valence-electron chi connectivity index (χ2n) is 10.6. The third-order valence-corrected chi connectivity index (χ3v) is 8.70. The Hall–Kier alpha value is -3.27. The van der Waals surface area contributed by atoms with E-state index >= 15 is 0 Å². The lowest BCUT2D eigenvalue weighted by Gasteiger charge is -2.43. The zero-order valence-electron chi connectivity index (χ0n) is 24.2. The van der Waals surface area contributed by atoms with Crippen molar-refractivity contribution in [1.82, 2.24) is 49.1 Å². The van der Waals surface area contributed by atoms with Gasteiger partial charge in [-0.25, -0.2) is 19.3 Å². The summed E-state index contributed by atoms with van der Waals surface area (Å²) >= 11 is 0.856. The Morgan fingerprint density at radius 2 is 1.59 bits per heavy atom. The molecular formula is C25H36N10O8S. The van der Waals surface area contributed by atoms with Crippen LogP contribution in [0.15, 0.2) is 37.4 Å². The quantitative estimate of drug-likeness (QED) is 0.0834. The SMILES string of the molecule is C[C@@H](O)C(CO)OC(S[C@@H]1O[C@H](CO)C(O)C(n2cc(-c3cncn3C)nn2)C1O)[C@@H](O)Cn1cc(-c2cncn2C)nn1. The summed E-state index contributed by atoms with van der Waals surface area (Å²) in [6.07, 6.45) is 2.15. The summed E-state index contributed by atoms with van der Waals surface area (Å²) in [7, 11) is 3.59. The number of aliphatic hydroxyl groups is 6. The fraction of sp³-hybridized carbons (Fsp3) is 0.600. The van der Waals surface area contributed by atoms with E-state index in [2.05, 4.69) is 30.6 Å². The Kier molecular flexibility index (Phi) is 10.1. The normalized spacial score (nSPS) is 25.2. The number of hydrogen-bond donors (Lipinski definition) is 6. The lowest BCUT2D eigenvalue weighted by Crippen LogP contribution is -2.56. The molecule has 0 saturated carbocycles. The van der Waals surface area contributed by atoms with Crippen LogP contribution in [-0.4, -0.2) is 140 Å². The molecule has 0 amide bonds. The summed E-state index contributed by atoms with van der Waals surface area (Å²) in [5, 5.41) is 80.3. The van der Waals surface area contributed by atoms with E-state index in [1.807, 2.05) is 0 Å². The first-order valence-corrected chi connectivity index (χ1v) is 14.7. The van der Waals surface area contributed by atoms with Gasteiger partial charge in [0.1, 0.15) is 58.8 Å². The lowest BCUT2D eigenvalue weighted by molar-refractivity contribution is -0.180. The highest BCUT2D eigenvalue weighted by Crippen LogP contribution is 2.38. The van der Waals surface area contributed by atoms with Gasteiger partial charge in [-0.2, -0.15) is 0 Å². The first kappa shape index (κ1) is 32.1. The van der Waals surface area contributed by atoms with Gasteiger partial charge in [-0.05, 0) is 6.92 Å². The minimum Gasteiger partial charge on any atom is -0.394 e. The molecule has 4 aromatic heterocycles. The molecule has 5 heterocycles. The molecule has 0 aliphatic carbocycles. The zero-order valence-corrected chi connectivity index (χ0v) is 25.0. The standard InChI is InChI=1S/C25H36N10O8S/c1-13(38)19(9-36)42-24(18(39)8-34-6-14(28-30-34)16-4-26-11-32(16)2)44-25-23(41)21(22(40)20(10-37)43-25)35-7-15(29-31-35)17-5-27-12-33(17)3/h4-7,11-13,18-25,36-41H,8-10H2,1-3H3/t13-,18+,19?,20-,21?,22?,23?,24?,25+/m1/s1. The fourth-order valence-electron chi connectivity index (χ4n) is 4.85. The first-order chi connectivity index (χ1) is 21.1. The maximum absolute atomic E-state index is 11.5. The Bertz CT molecular complexity index is 1490. The van der Waals surface area contributed by atoms with Crippen LogP contribution in [0.4, 0.5) is 0 Å². The molecule has 0 aromatic carbocycles. The van der Waals surface area contributed by atoms with Gasteiger partial charge in [0.25, 0.3) is 0 Å². The molecule has 6 N–H and O–H groups in total. The van der Waals surface area contributed by atoms with Crippen LogP contribution in [0, 0.1) is 0 Å². The van der Waals surface area contributed by atoms with Crippen LogP contribution in [-0.2, 0) is 30.1 Å². The fourth-order valence-corrected chi connectivity index (χ4v) is 6.12. The minimum atomic E-state index is -1.43. The predicted molar refractivity (Wildman–Crippen MR) is 152 cm³/mol. The highest BCUT2D eigenvalue weighted by atomic mass is 32.2. The molecule has 1 saturated heterocycles. The molecule has 44 heavy (non-hydrogen) atoms. The molecule has 5 unspecified atom stereocenters. The van der Waals surface area contributed by atoms with Gasteiger partial charge in [0.15, 0.2) is 0 Å². The highest BCUT2D eigenvalue weighted by molar-refractivity contribution is 8.00. The van der Waals surface area contributed by atoms with Crippen molar-refractivity contribution >= 4 is 11.8 Å². The number of aromatic nitrogens is 10. The molecule has 1 aliphatic rings. The van der Waals surface area contributed by atoms with Crippen molar-refractivity contribution in [2.45, 2.75) is 67.0 Å². The third kappa shape index (κ3) is 6.70. The van der Waals surface area contributed by atoms with Crippen molar-refractivity contribution in [1.29, 1.82) is 0 Å². The molecular weight excluding hydrogens is 600 g/mol. The average Bonchev–Trinajstić information content (AvgIpc) is 3.80. The smallest absolute Gasteiger partial charge is 0.134 e. The van der Waals surface area contributed by atoms with Crippen molar-refractivity contribution in [3.8, 4) is 22.8 Å².